The molecule has 13 rings (SSSR count). The third-order valence-electron chi connectivity index (χ3n) is 13.5. The summed E-state index contributed by atoms with van der Waals surface area (Å²) in [6.07, 6.45) is 0. The quantitative estimate of drug-likeness (QED) is 0.149. The van der Waals surface area contributed by atoms with Crippen LogP contribution in [0.5, 0.6) is 0 Å². The molecule has 0 aliphatic heterocycles. The first-order valence-electron chi connectivity index (χ1n) is 22.7. The minimum Gasteiger partial charge on any atom is -0.455 e. The van der Waals surface area contributed by atoms with Gasteiger partial charge in [-0.05, 0) is 113 Å². The third kappa shape index (κ3) is 6.04. The highest BCUT2D eigenvalue weighted by atomic mass is 16.3. The molecular formula is C64H41NO. The molecule has 0 bridgehead atoms. The summed E-state index contributed by atoms with van der Waals surface area (Å²) < 4.78 is 7.15. The van der Waals surface area contributed by atoms with Crippen LogP contribution in [0.15, 0.2) is 253 Å². The van der Waals surface area contributed by atoms with Gasteiger partial charge in [-0.25, -0.2) is 0 Å². The molecule has 308 valence electrons. The van der Waals surface area contributed by atoms with E-state index in [9.17, 15) is 0 Å². The van der Waals surface area contributed by atoms with Crippen molar-refractivity contribution in [2.45, 2.75) is 0 Å². The van der Waals surface area contributed by atoms with Crippen LogP contribution in [-0.2, 0) is 0 Å². The van der Waals surface area contributed by atoms with Crippen LogP contribution < -0.4 is 4.90 Å². The zero-order chi connectivity index (χ0) is 43.6. The molecule has 0 fully saturated rings. The third-order valence-corrected chi connectivity index (χ3v) is 13.5. The first-order chi connectivity index (χ1) is 32.8. The predicted octanol–water partition coefficient (Wildman–Crippen LogP) is 18.3. The van der Waals surface area contributed by atoms with Crippen molar-refractivity contribution in [3.8, 4) is 44.5 Å². The molecule has 0 amide bonds. The summed E-state index contributed by atoms with van der Waals surface area (Å²) in [7, 11) is 0. The maximum atomic E-state index is 7.15. The summed E-state index contributed by atoms with van der Waals surface area (Å²) in [5, 5.41) is 11.9. The van der Waals surface area contributed by atoms with Gasteiger partial charge in [0, 0.05) is 22.1 Å². The van der Waals surface area contributed by atoms with Crippen molar-refractivity contribution in [1.29, 1.82) is 0 Å². The monoisotopic (exact) mass is 839 g/mol. The molecule has 0 N–H and O–H groups in total. The van der Waals surface area contributed by atoms with Gasteiger partial charge in [0.1, 0.15) is 11.2 Å². The Morgan fingerprint density at radius 3 is 1.32 bits per heavy atom. The standard InChI is InChI=1S/C64H41NO/c1-2-20-42(21-3-1)45-24-8-9-29-50(45)53-32-14-17-35-59(53)65(60-36-18-15-33-54(60)57-40-43-22-4-6-25-46(43)48-27-10-12-30-51(48)57)61-39-38-55(64-63(61)56-34-16-19-37-62(56)66-64)58-41-44-23-5-7-26-47(44)49-28-11-13-31-52(49)58/h1-41H. The normalized spacial score (nSPS) is 11.6. The minimum absolute atomic E-state index is 0.850. The van der Waals surface area contributed by atoms with Crippen molar-refractivity contribution < 1.29 is 4.42 Å². The molecule has 0 spiro atoms. The lowest BCUT2D eigenvalue weighted by Gasteiger charge is -2.31. The van der Waals surface area contributed by atoms with E-state index in [1.54, 1.807) is 0 Å². The molecule has 0 saturated heterocycles. The number of benzene rings is 12. The number of para-hydroxylation sites is 3. The summed E-state index contributed by atoms with van der Waals surface area (Å²) in [4.78, 5) is 2.50. The van der Waals surface area contributed by atoms with Crippen LogP contribution in [0.2, 0.25) is 0 Å². The van der Waals surface area contributed by atoms with Crippen LogP contribution in [0.25, 0.3) is 110 Å². The van der Waals surface area contributed by atoms with E-state index >= 15 is 0 Å². The van der Waals surface area contributed by atoms with Crippen molar-refractivity contribution in [3.05, 3.63) is 249 Å². The predicted molar refractivity (Wildman–Crippen MR) is 280 cm³/mol. The average Bonchev–Trinajstić information content (AvgIpc) is 3.79. The Kier molecular flexibility index (Phi) is 8.89. The van der Waals surface area contributed by atoms with E-state index < -0.39 is 0 Å². The van der Waals surface area contributed by atoms with Crippen LogP contribution in [0.3, 0.4) is 0 Å². The van der Waals surface area contributed by atoms with Crippen LogP contribution in [0, 0.1) is 0 Å². The molecule has 12 aromatic carbocycles. The zero-order valence-electron chi connectivity index (χ0n) is 36.0. The van der Waals surface area contributed by atoms with Gasteiger partial charge in [0.15, 0.2) is 0 Å². The van der Waals surface area contributed by atoms with Gasteiger partial charge in [0.2, 0.25) is 0 Å². The molecule has 0 aliphatic rings. The SMILES string of the molecule is c1ccc(-c2ccccc2-c2ccccc2N(c2ccccc2-c2cc3ccccc3c3ccccc23)c2ccc(-c3cc4ccccc4c4ccccc34)c3oc4ccccc4c23)cc1. The molecule has 13 aromatic rings. The Labute approximate surface area is 382 Å². The van der Waals surface area contributed by atoms with Gasteiger partial charge in [-0.1, -0.05) is 206 Å². The second-order valence-electron chi connectivity index (χ2n) is 17.1. The first kappa shape index (κ1) is 37.8. The summed E-state index contributed by atoms with van der Waals surface area (Å²) >= 11 is 0. The highest BCUT2D eigenvalue weighted by molar-refractivity contribution is 6.22. The van der Waals surface area contributed by atoms with Gasteiger partial charge in [-0.15, -0.1) is 0 Å². The molecule has 0 saturated carbocycles. The fourth-order valence-electron chi connectivity index (χ4n) is 10.5. The molecule has 0 aliphatic carbocycles. The fraction of sp³-hybridized carbons (Fsp3) is 0. The molecule has 1 aromatic heterocycles. The first-order valence-corrected chi connectivity index (χ1v) is 22.7. The van der Waals surface area contributed by atoms with E-state index in [2.05, 4.69) is 254 Å². The summed E-state index contributed by atoms with van der Waals surface area (Å²) in [5.74, 6) is 0. The summed E-state index contributed by atoms with van der Waals surface area (Å²) in [5.41, 5.74) is 14.0. The van der Waals surface area contributed by atoms with Crippen molar-refractivity contribution in [2.24, 2.45) is 0 Å². The van der Waals surface area contributed by atoms with Crippen molar-refractivity contribution >= 4 is 82.1 Å². The second kappa shape index (κ2) is 15.5. The van der Waals surface area contributed by atoms with Crippen LogP contribution in [-0.4, -0.2) is 0 Å². The second-order valence-corrected chi connectivity index (χ2v) is 17.1. The Morgan fingerprint density at radius 2 is 0.697 bits per heavy atom. The molecule has 0 unspecified atom stereocenters. The molecule has 66 heavy (non-hydrogen) atoms. The van der Waals surface area contributed by atoms with Crippen LogP contribution >= 0.6 is 0 Å². The highest BCUT2D eigenvalue weighted by Crippen LogP contribution is 2.52. The lowest BCUT2D eigenvalue weighted by Crippen LogP contribution is -2.13. The Bertz CT molecular complexity index is 4010. The van der Waals surface area contributed by atoms with Crippen molar-refractivity contribution in [2.75, 3.05) is 4.90 Å². The van der Waals surface area contributed by atoms with Crippen LogP contribution in [0.1, 0.15) is 0 Å². The Balaban J connectivity index is 1.15. The number of hydrogen-bond donors (Lipinski definition) is 0. The lowest BCUT2D eigenvalue weighted by atomic mass is 9.90. The van der Waals surface area contributed by atoms with Gasteiger partial charge in [-0.3, -0.25) is 0 Å². The maximum Gasteiger partial charge on any atom is 0.145 e. The number of hydrogen-bond acceptors (Lipinski definition) is 2. The maximum absolute atomic E-state index is 7.15. The largest absolute Gasteiger partial charge is 0.455 e. The Hall–Kier alpha value is -8.72. The van der Waals surface area contributed by atoms with Gasteiger partial charge in [0.05, 0.1) is 22.4 Å². The van der Waals surface area contributed by atoms with Gasteiger partial charge < -0.3 is 9.32 Å². The molecular weight excluding hydrogens is 799 g/mol. The number of fused-ring (bicyclic) bond motifs is 9. The molecule has 2 heteroatoms. The van der Waals surface area contributed by atoms with E-state index in [1.165, 1.54) is 59.8 Å². The van der Waals surface area contributed by atoms with Crippen LogP contribution in [0.4, 0.5) is 17.1 Å². The number of furan rings is 1. The smallest absolute Gasteiger partial charge is 0.145 e. The van der Waals surface area contributed by atoms with Crippen molar-refractivity contribution in [3.63, 3.8) is 0 Å². The van der Waals surface area contributed by atoms with Gasteiger partial charge >= 0.3 is 0 Å². The zero-order valence-corrected chi connectivity index (χ0v) is 36.0. The number of rotatable bonds is 7. The molecule has 1 heterocycles. The van der Waals surface area contributed by atoms with E-state index in [0.717, 1.165) is 66.8 Å². The molecule has 2 nitrogen and oxygen atoms in total. The summed E-state index contributed by atoms with van der Waals surface area (Å²) in [6, 6.07) is 90.3. The number of anilines is 3. The lowest BCUT2D eigenvalue weighted by molar-refractivity contribution is 0.670. The highest BCUT2D eigenvalue weighted by Gasteiger charge is 2.27. The van der Waals surface area contributed by atoms with Gasteiger partial charge in [0.25, 0.3) is 0 Å². The topological polar surface area (TPSA) is 16.4 Å². The number of nitrogens with zero attached hydrogens (tertiary/aromatic N) is 1. The Morgan fingerprint density at radius 1 is 0.258 bits per heavy atom. The van der Waals surface area contributed by atoms with Gasteiger partial charge in [-0.2, -0.15) is 0 Å². The van der Waals surface area contributed by atoms with E-state index in [-0.39, 0.29) is 0 Å². The van der Waals surface area contributed by atoms with E-state index in [0.29, 0.717) is 0 Å². The molecule has 0 radical (unpaired) electrons. The minimum atomic E-state index is 0.850. The average molecular weight is 840 g/mol. The molecule has 0 atom stereocenters. The van der Waals surface area contributed by atoms with E-state index in [1.807, 2.05) is 0 Å². The van der Waals surface area contributed by atoms with E-state index in [4.69, 9.17) is 4.42 Å². The summed E-state index contributed by atoms with van der Waals surface area (Å²) in [6.45, 7) is 0. The van der Waals surface area contributed by atoms with Crippen molar-refractivity contribution in [1.82, 2.24) is 0 Å². The fourth-order valence-corrected chi connectivity index (χ4v) is 10.5.